The first-order chi connectivity index (χ1) is 17.2. The van der Waals surface area contributed by atoms with E-state index in [9.17, 15) is 22.8 Å². The van der Waals surface area contributed by atoms with Gasteiger partial charge in [0.15, 0.2) is 0 Å². The van der Waals surface area contributed by atoms with Crippen LogP contribution in [0.15, 0.2) is 54.6 Å². The molecule has 2 amide bonds. The van der Waals surface area contributed by atoms with Crippen molar-refractivity contribution in [3.63, 3.8) is 0 Å². The molecule has 0 aliphatic carbocycles. The number of nitrogens with zero attached hydrogens (tertiary/aromatic N) is 3. The Morgan fingerprint density at radius 3 is 2.42 bits per heavy atom. The highest BCUT2D eigenvalue weighted by atomic mass is 19.4. The Hall–Kier alpha value is -2.87. The molecule has 0 bridgehead atoms. The van der Waals surface area contributed by atoms with E-state index in [0.717, 1.165) is 51.0 Å². The molecule has 0 N–H and O–H groups in total. The lowest BCUT2D eigenvalue weighted by Crippen LogP contribution is -2.40. The van der Waals surface area contributed by atoms with Crippen LogP contribution in [0.3, 0.4) is 0 Å². The summed E-state index contributed by atoms with van der Waals surface area (Å²) in [6, 6.07) is 15.4. The van der Waals surface area contributed by atoms with Gasteiger partial charge in [0.05, 0.1) is 11.5 Å². The lowest BCUT2D eigenvalue weighted by Gasteiger charge is -2.33. The molecule has 2 heterocycles. The van der Waals surface area contributed by atoms with Crippen LogP contribution < -0.4 is 4.90 Å². The Kier molecular flexibility index (Phi) is 8.34. The molecule has 1 atom stereocenters. The number of hydrogen-bond acceptors (Lipinski definition) is 3. The van der Waals surface area contributed by atoms with Gasteiger partial charge in [0, 0.05) is 32.2 Å². The second-order valence-corrected chi connectivity index (χ2v) is 10.0. The van der Waals surface area contributed by atoms with Crippen molar-refractivity contribution in [1.29, 1.82) is 0 Å². The highest BCUT2D eigenvalue weighted by Gasteiger charge is 2.36. The van der Waals surface area contributed by atoms with E-state index in [4.69, 9.17) is 0 Å². The second-order valence-electron chi connectivity index (χ2n) is 10.0. The van der Waals surface area contributed by atoms with E-state index in [-0.39, 0.29) is 23.9 Å². The molecule has 5 nitrogen and oxygen atoms in total. The minimum Gasteiger partial charge on any atom is -0.345 e. The molecule has 8 heteroatoms. The van der Waals surface area contributed by atoms with E-state index in [2.05, 4.69) is 29.2 Å². The Bertz CT molecular complexity index is 1040. The highest BCUT2D eigenvalue weighted by Crippen LogP contribution is 2.33. The SMILES string of the molecule is CN1CC(C(=O)N(CCCN2CCC(Cc3ccccc3)CC2)c2cccc(C(F)(F)F)c2)CC1=O. The van der Waals surface area contributed by atoms with Gasteiger partial charge in [-0.3, -0.25) is 9.59 Å². The lowest BCUT2D eigenvalue weighted by atomic mass is 9.90. The number of anilines is 1. The summed E-state index contributed by atoms with van der Waals surface area (Å²) in [5.41, 5.74) is 0.818. The van der Waals surface area contributed by atoms with Crippen LogP contribution >= 0.6 is 0 Å². The third-order valence-corrected chi connectivity index (χ3v) is 7.37. The quantitative estimate of drug-likeness (QED) is 0.519. The molecular weight excluding hydrogens is 467 g/mol. The summed E-state index contributed by atoms with van der Waals surface area (Å²) < 4.78 is 40.0. The second kappa shape index (κ2) is 11.5. The minimum absolute atomic E-state index is 0.0969. The summed E-state index contributed by atoms with van der Waals surface area (Å²) in [5.74, 6) is -0.279. The number of piperidine rings is 1. The maximum atomic E-state index is 13.3. The first-order valence-electron chi connectivity index (χ1n) is 12.7. The summed E-state index contributed by atoms with van der Waals surface area (Å²) in [7, 11) is 1.64. The Morgan fingerprint density at radius 2 is 1.78 bits per heavy atom. The fraction of sp³-hybridized carbons (Fsp3) is 0.500. The third-order valence-electron chi connectivity index (χ3n) is 7.37. The van der Waals surface area contributed by atoms with Gasteiger partial charge in [-0.2, -0.15) is 13.2 Å². The smallest absolute Gasteiger partial charge is 0.345 e. The molecule has 2 aromatic rings. The third kappa shape index (κ3) is 6.66. The predicted molar refractivity (Wildman–Crippen MR) is 133 cm³/mol. The van der Waals surface area contributed by atoms with E-state index in [1.807, 2.05) is 6.07 Å². The molecule has 2 aliphatic rings. The number of alkyl halides is 3. The average molecular weight is 502 g/mol. The summed E-state index contributed by atoms with van der Waals surface area (Å²) in [5, 5.41) is 0. The zero-order valence-electron chi connectivity index (χ0n) is 20.7. The van der Waals surface area contributed by atoms with Gasteiger partial charge in [-0.15, -0.1) is 0 Å². The minimum atomic E-state index is -4.49. The van der Waals surface area contributed by atoms with E-state index >= 15 is 0 Å². The van der Waals surface area contributed by atoms with Crippen LogP contribution in [0.25, 0.3) is 0 Å². The van der Waals surface area contributed by atoms with Crippen molar-refractivity contribution in [3.05, 3.63) is 65.7 Å². The van der Waals surface area contributed by atoms with Crippen molar-refractivity contribution in [2.24, 2.45) is 11.8 Å². The first kappa shape index (κ1) is 26.2. The number of likely N-dealkylation sites (tertiary alicyclic amines) is 2. The summed E-state index contributed by atoms with van der Waals surface area (Å²) >= 11 is 0. The van der Waals surface area contributed by atoms with Crippen LogP contribution in [0.5, 0.6) is 0 Å². The number of amides is 2. The van der Waals surface area contributed by atoms with Gasteiger partial charge in [-0.1, -0.05) is 36.4 Å². The highest BCUT2D eigenvalue weighted by molar-refractivity contribution is 5.99. The number of hydrogen-bond donors (Lipinski definition) is 0. The molecule has 2 fully saturated rings. The maximum Gasteiger partial charge on any atom is 0.416 e. The number of rotatable bonds is 8. The summed E-state index contributed by atoms with van der Waals surface area (Å²) in [6.07, 6.45) is -0.426. The molecule has 1 unspecified atom stereocenters. The Labute approximate surface area is 210 Å². The van der Waals surface area contributed by atoms with E-state index in [0.29, 0.717) is 25.4 Å². The fourth-order valence-corrected chi connectivity index (χ4v) is 5.28. The molecule has 2 aromatic carbocycles. The van der Waals surface area contributed by atoms with Gasteiger partial charge in [0.1, 0.15) is 0 Å². The predicted octanol–water partition coefficient (Wildman–Crippen LogP) is 4.86. The number of halogens is 3. The van der Waals surface area contributed by atoms with Gasteiger partial charge in [0.2, 0.25) is 11.8 Å². The molecule has 0 aromatic heterocycles. The van der Waals surface area contributed by atoms with Crippen LogP contribution in [-0.2, 0) is 22.2 Å². The number of benzene rings is 2. The van der Waals surface area contributed by atoms with Crippen LogP contribution in [0, 0.1) is 11.8 Å². The van der Waals surface area contributed by atoms with Crippen molar-refractivity contribution < 1.29 is 22.8 Å². The topological polar surface area (TPSA) is 43.9 Å². The molecule has 0 saturated carbocycles. The average Bonchev–Trinajstić information content (AvgIpc) is 3.21. The van der Waals surface area contributed by atoms with Crippen molar-refractivity contribution in [2.45, 2.75) is 38.3 Å². The molecular formula is C28H34F3N3O2. The monoisotopic (exact) mass is 501 g/mol. The zero-order chi connectivity index (χ0) is 25.7. The molecule has 0 radical (unpaired) electrons. The molecule has 0 spiro atoms. The molecule has 2 saturated heterocycles. The van der Waals surface area contributed by atoms with Crippen LogP contribution in [0.1, 0.15) is 36.8 Å². The van der Waals surface area contributed by atoms with Crippen LogP contribution in [0.4, 0.5) is 18.9 Å². The largest absolute Gasteiger partial charge is 0.416 e. The van der Waals surface area contributed by atoms with Gasteiger partial charge in [0.25, 0.3) is 0 Å². The Balaban J connectivity index is 1.36. The molecule has 36 heavy (non-hydrogen) atoms. The lowest BCUT2D eigenvalue weighted by molar-refractivity contribution is -0.137. The maximum absolute atomic E-state index is 13.3. The number of carbonyl (C=O) groups excluding carboxylic acids is 2. The van der Waals surface area contributed by atoms with Gasteiger partial charge >= 0.3 is 6.18 Å². The van der Waals surface area contributed by atoms with Crippen molar-refractivity contribution in [1.82, 2.24) is 9.80 Å². The molecule has 194 valence electrons. The van der Waals surface area contributed by atoms with Crippen LogP contribution in [-0.4, -0.2) is 61.4 Å². The van der Waals surface area contributed by atoms with Gasteiger partial charge < -0.3 is 14.7 Å². The summed E-state index contributed by atoms with van der Waals surface area (Å²) in [4.78, 5) is 30.7. The van der Waals surface area contributed by atoms with E-state index in [1.54, 1.807) is 13.1 Å². The Morgan fingerprint density at radius 1 is 1.06 bits per heavy atom. The normalized spacial score (nSPS) is 19.6. The van der Waals surface area contributed by atoms with Crippen molar-refractivity contribution >= 4 is 17.5 Å². The number of carbonyl (C=O) groups is 2. The molecule has 4 rings (SSSR count). The fourth-order valence-electron chi connectivity index (χ4n) is 5.28. The van der Waals surface area contributed by atoms with Crippen LogP contribution in [0.2, 0.25) is 0 Å². The van der Waals surface area contributed by atoms with Gasteiger partial charge in [-0.25, -0.2) is 0 Å². The van der Waals surface area contributed by atoms with Crippen molar-refractivity contribution in [2.75, 3.05) is 44.7 Å². The van der Waals surface area contributed by atoms with E-state index < -0.39 is 17.7 Å². The summed E-state index contributed by atoms with van der Waals surface area (Å²) in [6.45, 7) is 3.36. The van der Waals surface area contributed by atoms with Gasteiger partial charge in [-0.05, 0) is 75.0 Å². The van der Waals surface area contributed by atoms with Crippen molar-refractivity contribution in [3.8, 4) is 0 Å². The standard InChI is InChI=1S/C28H34F3N3O2/c1-32-20-23(18-26(32)35)27(36)34(25-10-5-9-24(19-25)28(29,30)31)14-6-13-33-15-11-22(12-16-33)17-21-7-3-2-4-8-21/h2-5,7-10,19,22-23H,6,11-18,20H2,1H3. The van der Waals surface area contributed by atoms with E-state index in [1.165, 1.54) is 21.4 Å². The first-order valence-corrected chi connectivity index (χ1v) is 12.7. The zero-order valence-corrected chi connectivity index (χ0v) is 20.7. The molecule has 2 aliphatic heterocycles.